The molecule has 1 saturated heterocycles. The summed E-state index contributed by atoms with van der Waals surface area (Å²) in [5, 5.41) is 4.26. The number of oxime groups is 1. The molecule has 0 N–H and O–H groups in total. The Bertz CT molecular complexity index is 699. The van der Waals surface area contributed by atoms with E-state index in [1.807, 2.05) is 32.4 Å². The fourth-order valence-electron chi connectivity index (χ4n) is 5.83. The lowest BCUT2D eigenvalue weighted by molar-refractivity contribution is -0.153. The average molecular weight is 429 g/mol. The Hall–Kier alpha value is -1.41. The molecule has 3 aliphatic rings. The van der Waals surface area contributed by atoms with Crippen LogP contribution >= 0.6 is 0 Å². The van der Waals surface area contributed by atoms with Crippen LogP contribution in [0.3, 0.4) is 0 Å². The number of hydrogen-bond donors (Lipinski definition) is 0. The zero-order valence-electron chi connectivity index (χ0n) is 19.2. The van der Waals surface area contributed by atoms with Gasteiger partial charge < -0.3 is 23.6 Å². The van der Waals surface area contributed by atoms with Gasteiger partial charge in [0.25, 0.3) is 0 Å². The molecule has 3 fully saturated rings. The fourth-order valence-corrected chi connectivity index (χ4v) is 5.83. The molecular formula is C24H36BNO5. The monoisotopic (exact) mass is 429 g/mol. The molecule has 2 atom stereocenters. The van der Waals surface area contributed by atoms with E-state index in [0.717, 1.165) is 37.0 Å². The van der Waals surface area contributed by atoms with Crippen molar-refractivity contribution in [1.29, 1.82) is 0 Å². The van der Waals surface area contributed by atoms with Gasteiger partial charge in [-0.25, -0.2) is 0 Å². The number of nitrogens with zero attached hydrogens (tertiary/aromatic N) is 1. The summed E-state index contributed by atoms with van der Waals surface area (Å²) in [4.78, 5) is 5.11. The standard InChI is InChI=1S/C24H36BNO5/c1-27-23(14-7-8-15-23)21-22(24(28-2)16-9-10-17-24)31-25(30-21)18-13-20(26-29-3)19-11-5-4-6-12-19/h4-6,11-12,21-22H,7-10,13-18H2,1-3H3/b26-20+/t21-,22-/m0/s1. The molecule has 4 rings (SSSR count). The Morgan fingerprint density at radius 3 is 1.87 bits per heavy atom. The Morgan fingerprint density at radius 2 is 1.42 bits per heavy atom. The van der Waals surface area contributed by atoms with E-state index in [9.17, 15) is 0 Å². The maximum absolute atomic E-state index is 6.63. The lowest BCUT2D eigenvalue weighted by Gasteiger charge is -2.43. The van der Waals surface area contributed by atoms with Crippen LogP contribution in [0.15, 0.2) is 35.5 Å². The number of ether oxygens (including phenoxy) is 2. The van der Waals surface area contributed by atoms with Gasteiger partial charge in [-0.05, 0) is 44.0 Å². The van der Waals surface area contributed by atoms with Gasteiger partial charge in [-0.1, -0.05) is 61.2 Å². The lowest BCUT2D eigenvalue weighted by atomic mass is 9.81. The van der Waals surface area contributed by atoms with E-state index in [1.165, 1.54) is 25.7 Å². The molecule has 1 aromatic carbocycles. The highest BCUT2D eigenvalue weighted by Gasteiger charge is 2.59. The molecule has 31 heavy (non-hydrogen) atoms. The molecule has 2 aliphatic carbocycles. The van der Waals surface area contributed by atoms with E-state index in [4.69, 9.17) is 23.6 Å². The van der Waals surface area contributed by atoms with Crippen LogP contribution in [0, 0.1) is 0 Å². The fraction of sp³-hybridized carbons (Fsp3) is 0.708. The van der Waals surface area contributed by atoms with Crippen LogP contribution in [-0.2, 0) is 23.6 Å². The van der Waals surface area contributed by atoms with Gasteiger partial charge in [0.2, 0.25) is 0 Å². The highest BCUT2D eigenvalue weighted by molar-refractivity contribution is 6.45. The molecule has 0 radical (unpaired) electrons. The maximum Gasteiger partial charge on any atom is 0.458 e. The summed E-state index contributed by atoms with van der Waals surface area (Å²) < 4.78 is 25.5. The summed E-state index contributed by atoms with van der Waals surface area (Å²) in [5.41, 5.74) is 1.40. The van der Waals surface area contributed by atoms with Crippen molar-refractivity contribution in [3.05, 3.63) is 35.9 Å². The van der Waals surface area contributed by atoms with E-state index >= 15 is 0 Å². The Morgan fingerprint density at radius 1 is 0.903 bits per heavy atom. The SMILES string of the molecule is CO/N=C(\CCB1O[C@H](C2(OC)CCCC2)[C@@H](C2(OC)CCCC2)O1)c1ccccc1. The van der Waals surface area contributed by atoms with Crippen LogP contribution in [-0.4, -0.2) is 57.6 Å². The van der Waals surface area contributed by atoms with Gasteiger partial charge in [-0.3, -0.25) is 0 Å². The first-order valence-electron chi connectivity index (χ1n) is 11.7. The van der Waals surface area contributed by atoms with E-state index in [0.29, 0.717) is 12.7 Å². The van der Waals surface area contributed by atoms with Crippen molar-refractivity contribution in [1.82, 2.24) is 0 Å². The van der Waals surface area contributed by atoms with Crippen LogP contribution < -0.4 is 0 Å². The van der Waals surface area contributed by atoms with Gasteiger partial charge in [0, 0.05) is 14.2 Å². The van der Waals surface area contributed by atoms with E-state index < -0.39 is 0 Å². The molecule has 1 aliphatic heterocycles. The van der Waals surface area contributed by atoms with E-state index in [2.05, 4.69) is 17.3 Å². The molecule has 7 heteroatoms. The molecular weight excluding hydrogens is 393 g/mol. The molecule has 1 heterocycles. The van der Waals surface area contributed by atoms with Gasteiger partial charge in [-0.2, -0.15) is 0 Å². The van der Waals surface area contributed by atoms with Gasteiger partial charge in [-0.15, -0.1) is 0 Å². The van der Waals surface area contributed by atoms with Crippen molar-refractivity contribution in [2.75, 3.05) is 21.3 Å². The zero-order chi connectivity index (χ0) is 21.7. The first kappa shape index (κ1) is 22.8. The van der Waals surface area contributed by atoms with Crippen LogP contribution in [0.25, 0.3) is 0 Å². The van der Waals surface area contributed by atoms with Crippen molar-refractivity contribution in [2.24, 2.45) is 5.16 Å². The smallest absolute Gasteiger partial charge is 0.403 e. The summed E-state index contributed by atoms with van der Waals surface area (Å²) in [5.74, 6) is 0. The molecule has 0 bridgehead atoms. The third kappa shape index (κ3) is 4.56. The van der Waals surface area contributed by atoms with Crippen molar-refractivity contribution in [2.45, 2.75) is 87.5 Å². The molecule has 0 amide bonds. The second-order valence-electron chi connectivity index (χ2n) is 9.12. The average Bonchev–Trinajstić information content (AvgIpc) is 3.57. The van der Waals surface area contributed by atoms with Gasteiger partial charge in [0.1, 0.15) is 7.11 Å². The third-order valence-corrected chi connectivity index (χ3v) is 7.55. The molecule has 0 aromatic heterocycles. The Balaban J connectivity index is 1.52. The molecule has 170 valence electrons. The third-order valence-electron chi connectivity index (χ3n) is 7.55. The molecule has 6 nitrogen and oxygen atoms in total. The normalized spacial score (nSPS) is 27.7. The highest BCUT2D eigenvalue weighted by atomic mass is 16.7. The number of rotatable bonds is 9. The topological polar surface area (TPSA) is 58.5 Å². The lowest BCUT2D eigenvalue weighted by Crippen LogP contribution is -2.56. The quantitative estimate of drug-likeness (QED) is 0.326. The molecule has 2 saturated carbocycles. The molecule has 0 unspecified atom stereocenters. The Labute approximate surface area is 186 Å². The minimum absolute atomic E-state index is 0.109. The number of benzene rings is 1. The van der Waals surface area contributed by atoms with Gasteiger partial charge >= 0.3 is 7.12 Å². The highest BCUT2D eigenvalue weighted by Crippen LogP contribution is 2.48. The summed E-state index contributed by atoms with van der Waals surface area (Å²) in [6.45, 7) is 0. The predicted octanol–water partition coefficient (Wildman–Crippen LogP) is 4.62. The summed E-state index contributed by atoms with van der Waals surface area (Å²) >= 11 is 0. The second-order valence-corrected chi connectivity index (χ2v) is 9.12. The largest absolute Gasteiger partial charge is 0.458 e. The molecule has 0 spiro atoms. The van der Waals surface area contributed by atoms with Crippen LogP contribution in [0.5, 0.6) is 0 Å². The number of hydrogen-bond acceptors (Lipinski definition) is 6. The van der Waals surface area contributed by atoms with Crippen LogP contribution in [0.2, 0.25) is 6.32 Å². The van der Waals surface area contributed by atoms with Crippen LogP contribution in [0.4, 0.5) is 0 Å². The maximum atomic E-state index is 6.63. The first-order chi connectivity index (χ1) is 15.2. The molecule has 1 aromatic rings. The van der Waals surface area contributed by atoms with Gasteiger partial charge in [0.05, 0.1) is 29.1 Å². The van der Waals surface area contributed by atoms with Crippen molar-refractivity contribution >= 4 is 12.8 Å². The van der Waals surface area contributed by atoms with Crippen molar-refractivity contribution in [3.63, 3.8) is 0 Å². The number of methoxy groups -OCH3 is 2. The first-order valence-corrected chi connectivity index (χ1v) is 11.7. The van der Waals surface area contributed by atoms with Crippen molar-refractivity contribution < 1.29 is 23.6 Å². The van der Waals surface area contributed by atoms with Gasteiger partial charge in [0.15, 0.2) is 0 Å². The van der Waals surface area contributed by atoms with E-state index in [1.54, 1.807) is 7.11 Å². The van der Waals surface area contributed by atoms with Crippen LogP contribution in [0.1, 0.15) is 63.4 Å². The van der Waals surface area contributed by atoms with Crippen molar-refractivity contribution in [3.8, 4) is 0 Å². The summed E-state index contributed by atoms with van der Waals surface area (Å²) in [6, 6.07) is 10.1. The minimum Gasteiger partial charge on any atom is -0.403 e. The summed E-state index contributed by atoms with van der Waals surface area (Å²) in [6.07, 6.45) is 9.95. The zero-order valence-corrected chi connectivity index (χ0v) is 19.2. The summed E-state index contributed by atoms with van der Waals surface area (Å²) in [7, 11) is 4.93. The van der Waals surface area contributed by atoms with E-state index in [-0.39, 0.29) is 30.5 Å². The minimum atomic E-state index is -0.305. The predicted molar refractivity (Wildman–Crippen MR) is 121 cm³/mol. The Kier molecular flexibility index (Phi) is 7.37. The second kappa shape index (κ2) is 10.0.